The second-order valence-electron chi connectivity index (χ2n) is 10.6. The van der Waals surface area contributed by atoms with Crippen LogP contribution in [-0.2, 0) is 14.4 Å². The Morgan fingerprint density at radius 1 is 1.03 bits per heavy atom. The zero-order valence-corrected chi connectivity index (χ0v) is 19.3. The second-order valence-corrected chi connectivity index (χ2v) is 10.6. The third kappa shape index (κ3) is 3.02. The van der Waals surface area contributed by atoms with Crippen molar-refractivity contribution in [2.75, 3.05) is 12.0 Å². The number of carbonyl (C=O) groups is 3. The van der Waals surface area contributed by atoms with Gasteiger partial charge in [0.25, 0.3) is 0 Å². The SMILES string of the molecule is COc1ccc2c(c1)C=C[C@@H]1[C@@H]3C(=O)N(C4CCCCC4)C(=O)[C@H]3[C@@H](C(=O)C(C)(C)C)N21. The lowest BCUT2D eigenvalue weighted by Gasteiger charge is -2.39. The number of benzene rings is 1. The number of likely N-dealkylation sites (tertiary alicyclic amines) is 1. The first-order chi connectivity index (χ1) is 15.2. The topological polar surface area (TPSA) is 66.9 Å². The molecule has 6 heteroatoms. The van der Waals surface area contributed by atoms with Gasteiger partial charge in [-0.2, -0.15) is 0 Å². The number of Topliss-reactive ketones (excluding diaryl/α,β-unsaturated/α-hetero) is 1. The number of hydrogen-bond donors (Lipinski definition) is 0. The summed E-state index contributed by atoms with van der Waals surface area (Å²) < 4.78 is 5.38. The summed E-state index contributed by atoms with van der Waals surface area (Å²) in [5, 5.41) is 0. The van der Waals surface area contributed by atoms with Crippen LogP contribution in [0.25, 0.3) is 6.08 Å². The standard InChI is InChI=1S/C26H32N2O4/c1-26(2,3)23(29)22-21-20(24(30)27(25(21)31)16-8-6-5-7-9-16)19-12-10-15-14-17(32-4)11-13-18(15)28(19)22/h10-14,16,19-22H,5-9H2,1-4H3/t19-,20+,21-,22+/m1/s1. The van der Waals surface area contributed by atoms with Gasteiger partial charge in [0.05, 0.1) is 25.0 Å². The Morgan fingerprint density at radius 2 is 1.72 bits per heavy atom. The van der Waals surface area contributed by atoms with Crippen molar-refractivity contribution in [2.24, 2.45) is 17.3 Å². The fraction of sp³-hybridized carbons (Fsp3) is 0.577. The molecule has 2 amide bonds. The Kier molecular flexibility index (Phi) is 4.95. The molecule has 32 heavy (non-hydrogen) atoms. The van der Waals surface area contributed by atoms with E-state index in [2.05, 4.69) is 0 Å². The van der Waals surface area contributed by atoms with Gasteiger partial charge < -0.3 is 9.64 Å². The van der Waals surface area contributed by atoms with Gasteiger partial charge in [-0.1, -0.05) is 52.2 Å². The van der Waals surface area contributed by atoms with Crippen LogP contribution in [0, 0.1) is 17.3 Å². The highest BCUT2D eigenvalue weighted by molar-refractivity contribution is 6.12. The monoisotopic (exact) mass is 436 g/mol. The second kappa shape index (κ2) is 7.46. The number of imide groups is 1. The Bertz CT molecular complexity index is 1000. The fourth-order valence-electron chi connectivity index (χ4n) is 6.14. The summed E-state index contributed by atoms with van der Waals surface area (Å²) in [7, 11) is 1.63. The van der Waals surface area contributed by atoms with Crippen LogP contribution >= 0.6 is 0 Å². The lowest BCUT2D eigenvalue weighted by atomic mass is 9.79. The van der Waals surface area contributed by atoms with E-state index in [0.29, 0.717) is 0 Å². The van der Waals surface area contributed by atoms with E-state index in [1.54, 1.807) is 12.0 Å². The molecular weight excluding hydrogens is 404 g/mol. The van der Waals surface area contributed by atoms with Crippen LogP contribution in [0.5, 0.6) is 5.75 Å². The van der Waals surface area contributed by atoms with Gasteiger partial charge >= 0.3 is 0 Å². The first kappa shape index (κ1) is 21.2. The lowest BCUT2D eigenvalue weighted by Crippen LogP contribution is -2.53. The molecule has 0 spiro atoms. The van der Waals surface area contributed by atoms with Crippen molar-refractivity contribution in [3.05, 3.63) is 29.8 Å². The third-order valence-electron chi connectivity index (χ3n) is 7.69. The van der Waals surface area contributed by atoms with E-state index >= 15 is 0 Å². The molecule has 1 aromatic rings. The van der Waals surface area contributed by atoms with Gasteiger partial charge in [-0.25, -0.2) is 0 Å². The summed E-state index contributed by atoms with van der Waals surface area (Å²) in [6.07, 6.45) is 9.01. The third-order valence-corrected chi connectivity index (χ3v) is 7.69. The molecule has 3 aliphatic heterocycles. The number of ether oxygens (including phenoxy) is 1. The maximum absolute atomic E-state index is 13.8. The predicted molar refractivity (Wildman–Crippen MR) is 122 cm³/mol. The molecule has 2 saturated heterocycles. The molecule has 5 rings (SSSR count). The number of anilines is 1. The molecule has 0 radical (unpaired) electrons. The van der Waals surface area contributed by atoms with E-state index in [4.69, 9.17) is 4.74 Å². The van der Waals surface area contributed by atoms with Gasteiger partial charge in [-0.15, -0.1) is 0 Å². The number of carbonyl (C=O) groups excluding carboxylic acids is 3. The molecule has 1 aromatic carbocycles. The summed E-state index contributed by atoms with van der Waals surface area (Å²) >= 11 is 0. The molecule has 0 aromatic heterocycles. The highest BCUT2D eigenvalue weighted by Crippen LogP contribution is 2.51. The molecule has 3 heterocycles. The van der Waals surface area contributed by atoms with E-state index in [1.165, 1.54) is 0 Å². The van der Waals surface area contributed by atoms with Crippen LogP contribution in [0.15, 0.2) is 24.3 Å². The number of ketones is 1. The maximum Gasteiger partial charge on any atom is 0.236 e. The first-order valence-electron chi connectivity index (χ1n) is 11.8. The molecule has 0 unspecified atom stereocenters. The van der Waals surface area contributed by atoms with Crippen LogP contribution in [0.2, 0.25) is 0 Å². The van der Waals surface area contributed by atoms with E-state index in [0.717, 1.165) is 49.1 Å². The minimum atomic E-state index is -0.646. The van der Waals surface area contributed by atoms with Gasteiger partial charge in [0, 0.05) is 22.7 Å². The van der Waals surface area contributed by atoms with Gasteiger partial charge in [-0.05, 0) is 31.0 Å². The number of methoxy groups -OCH3 is 1. The molecule has 4 atom stereocenters. The smallest absolute Gasteiger partial charge is 0.236 e. The van der Waals surface area contributed by atoms with E-state index in [1.807, 2.05) is 56.0 Å². The van der Waals surface area contributed by atoms with Crippen molar-refractivity contribution in [1.29, 1.82) is 0 Å². The molecule has 4 aliphatic rings. The summed E-state index contributed by atoms with van der Waals surface area (Å²) in [6, 6.07) is 4.81. The Hall–Kier alpha value is -2.63. The lowest BCUT2D eigenvalue weighted by molar-refractivity contribution is -0.145. The van der Waals surface area contributed by atoms with Crippen molar-refractivity contribution in [2.45, 2.75) is 71.0 Å². The average Bonchev–Trinajstić information content (AvgIpc) is 3.25. The molecule has 3 fully saturated rings. The predicted octanol–water partition coefficient (Wildman–Crippen LogP) is 3.83. The summed E-state index contributed by atoms with van der Waals surface area (Å²) in [5.74, 6) is -0.620. The number of nitrogens with zero attached hydrogens (tertiary/aromatic N) is 2. The van der Waals surface area contributed by atoms with E-state index in [9.17, 15) is 14.4 Å². The molecule has 1 saturated carbocycles. The van der Waals surface area contributed by atoms with E-state index < -0.39 is 23.3 Å². The average molecular weight is 437 g/mol. The van der Waals surface area contributed by atoms with Crippen LogP contribution in [0.4, 0.5) is 5.69 Å². The van der Waals surface area contributed by atoms with Crippen LogP contribution in [-0.4, -0.2) is 47.7 Å². The molecular formula is C26H32N2O4. The van der Waals surface area contributed by atoms with Gasteiger partial charge in [0.2, 0.25) is 11.8 Å². The first-order valence-corrected chi connectivity index (χ1v) is 11.8. The maximum atomic E-state index is 13.8. The number of fused-ring (bicyclic) bond motifs is 5. The molecule has 0 bridgehead atoms. The fourth-order valence-corrected chi connectivity index (χ4v) is 6.14. The molecule has 0 N–H and O–H groups in total. The number of amides is 2. The summed E-state index contributed by atoms with van der Waals surface area (Å²) in [4.78, 5) is 44.8. The van der Waals surface area contributed by atoms with E-state index in [-0.39, 0.29) is 29.7 Å². The largest absolute Gasteiger partial charge is 0.497 e. The Balaban J connectivity index is 1.60. The highest BCUT2D eigenvalue weighted by atomic mass is 16.5. The highest BCUT2D eigenvalue weighted by Gasteiger charge is 2.65. The zero-order chi connectivity index (χ0) is 22.8. The van der Waals surface area contributed by atoms with Crippen molar-refractivity contribution >= 4 is 29.4 Å². The molecule has 6 nitrogen and oxygen atoms in total. The summed E-state index contributed by atoms with van der Waals surface area (Å²) in [6.45, 7) is 5.69. The normalized spacial score (nSPS) is 29.8. The van der Waals surface area contributed by atoms with Crippen molar-refractivity contribution < 1.29 is 19.1 Å². The van der Waals surface area contributed by atoms with Gasteiger partial charge in [0.1, 0.15) is 11.8 Å². The van der Waals surface area contributed by atoms with Crippen molar-refractivity contribution in [1.82, 2.24) is 4.90 Å². The Labute approximate surface area is 189 Å². The van der Waals surface area contributed by atoms with Crippen LogP contribution in [0.3, 0.4) is 0 Å². The minimum absolute atomic E-state index is 0.0127. The van der Waals surface area contributed by atoms with Gasteiger partial charge in [-0.3, -0.25) is 19.3 Å². The number of hydrogen-bond acceptors (Lipinski definition) is 5. The summed E-state index contributed by atoms with van der Waals surface area (Å²) in [5.41, 5.74) is 1.20. The molecule has 170 valence electrons. The number of rotatable bonds is 3. The zero-order valence-electron chi connectivity index (χ0n) is 19.3. The Morgan fingerprint density at radius 3 is 2.38 bits per heavy atom. The minimum Gasteiger partial charge on any atom is -0.497 e. The van der Waals surface area contributed by atoms with Crippen molar-refractivity contribution in [3.8, 4) is 5.75 Å². The van der Waals surface area contributed by atoms with Crippen molar-refractivity contribution in [3.63, 3.8) is 0 Å². The molecule has 1 aliphatic carbocycles. The van der Waals surface area contributed by atoms with Crippen LogP contribution in [0.1, 0.15) is 58.4 Å². The van der Waals surface area contributed by atoms with Gasteiger partial charge in [0.15, 0.2) is 5.78 Å². The quantitative estimate of drug-likeness (QED) is 0.674. The van der Waals surface area contributed by atoms with Crippen LogP contribution < -0.4 is 9.64 Å².